The third kappa shape index (κ3) is 3.49. The summed E-state index contributed by atoms with van der Waals surface area (Å²) < 4.78 is 13.7. The van der Waals surface area contributed by atoms with E-state index in [1.807, 2.05) is 6.92 Å². The van der Waals surface area contributed by atoms with Crippen molar-refractivity contribution in [2.45, 2.75) is 20.3 Å². The van der Waals surface area contributed by atoms with Crippen LogP contribution in [0.3, 0.4) is 0 Å². The van der Waals surface area contributed by atoms with Crippen molar-refractivity contribution in [1.29, 1.82) is 0 Å². The fraction of sp³-hybridized carbons (Fsp3) is 0.286. The van der Waals surface area contributed by atoms with E-state index in [0.29, 0.717) is 10.7 Å². The minimum absolute atomic E-state index is 0.144. The number of nitrogens with one attached hydrogen (secondary N) is 2. The molecule has 0 fully saturated rings. The molecule has 0 aliphatic heterocycles. The van der Waals surface area contributed by atoms with E-state index in [1.54, 1.807) is 19.1 Å². The number of carbonyl (C=O) groups excluding carboxylic acids is 1. The predicted molar refractivity (Wildman–Crippen MR) is 84.4 cm³/mol. The standard InChI is InChI=1S/C14H17FN4OS/c1-3-7-17-14-19-12(16)11(21-14)13(20)18-10-8(2)5-4-6-9(10)15/h4-6H,3,7,16H2,1-2H3,(H,17,19)(H,18,20). The van der Waals surface area contributed by atoms with Gasteiger partial charge in [0.05, 0.1) is 5.69 Å². The molecular weight excluding hydrogens is 291 g/mol. The van der Waals surface area contributed by atoms with Gasteiger partial charge in [-0.15, -0.1) is 0 Å². The Hall–Kier alpha value is -2.15. The van der Waals surface area contributed by atoms with Crippen molar-refractivity contribution in [3.8, 4) is 0 Å². The first-order valence-corrected chi connectivity index (χ1v) is 7.41. The molecule has 1 aromatic heterocycles. The Morgan fingerprint density at radius 1 is 1.48 bits per heavy atom. The Bertz CT molecular complexity index is 636. The molecule has 0 bridgehead atoms. The summed E-state index contributed by atoms with van der Waals surface area (Å²) in [6, 6.07) is 4.62. The Morgan fingerprint density at radius 2 is 2.24 bits per heavy atom. The van der Waals surface area contributed by atoms with Gasteiger partial charge < -0.3 is 16.4 Å². The van der Waals surface area contributed by atoms with Gasteiger partial charge in [-0.1, -0.05) is 30.4 Å². The molecule has 112 valence electrons. The predicted octanol–water partition coefficient (Wildman–Crippen LogP) is 3.25. The summed E-state index contributed by atoms with van der Waals surface area (Å²) in [4.78, 5) is 16.6. The second kappa shape index (κ2) is 6.53. The first-order valence-electron chi connectivity index (χ1n) is 6.59. The summed E-state index contributed by atoms with van der Waals surface area (Å²) >= 11 is 1.16. The van der Waals surface area contributed by atoms with Gasteiger partial charge in [-0.3, -0.25) is 4.79 Å². The van der Waals surface area contributed by atoms with Crippen LogP contribution in [0.25, 0.3) is 0 Å². The van der Waals surface area contributed by atoms with Crippen LogP contribution in [0.1, 0.15) is 28.6 Å². The topological polar surface area (TPSA) is 80.0 Å². The van der Waals surface area contributed by atoms with Crippen LogP contribution in [0, 0.1) is 12.7 Å². The molecule has 1 aromatic carbocycles. The second-order valence-corrected chi connectivity index (χ2v) is 5.55. The van der Waals surface area contributed by atoms with Crippen molar-refractivity contribution >= 4 is 33.9 Å². The molecule has 0 radical (unpaired) electrons. The van der Waals surface area contributed by atoms with E-state index in [1.165, 1.54) is 6.07 Å². The maximum atomic E-state index is 13.7. The summed E-state index contributed by atoms with van der Waals surface area (Å²) in [5.41, 5.74) is 6.56. The molecular formula is C14H17FN4OS. The highest BCUT2D eigenvalue weighted by Gasteiger charge is 2.18. The van der Waals surface area contributed by atoms with Gasteiger partial charge in [-0.25, -0.2) is 9.37 Å². The van der Waals surface area contributed by atoms with Crippen molar-refractivity contribution < 1.29 is 9.18 Å². The molecule has 4 N–H and O–H groups in total. The van der Waals surface area contributed by atoms with Crippen LogP contribution >= 0.6 is 11.3 Å². The Balaban J connectivity index is 2.19. The van der Waals surface area contributed by atoms with Crippen LogP contribution in [0.5, 0.6) is 0 Å². The maximum Gasteiger partial charge on any atom is 0.269 e. The Morgan fingerprint density at radius 3 is 2.90 bits per heavy atom. The van der Waals surface area contributed by atoms with E-state index >= 15 is 0 Å². The largest absolute Gasteiger partial charge is 0.382 e. The monoisotopic (exact) mass is 308 g/mol. The molecule has 0 saturated heterocycles. The van der Waals surface area contributed by atoms with Gasteiger partial charge in [0.15, 0.2) is 5.13 Å². The van der Waals surface area contributed by atoms with E-state index in [-0.39, 0.29) is 16.4 Å². The minimum atomic E-state index is -0.476. The molecule has 2 aromatic rings. The van der Waals surface area contributed by atoms with Crippen molar-refractivity contribution in [3.05, 3.63) is 34.5 Å². The number of benzene rings is 1. The molecule has 0 aliphatic carbocycles. The van der Waals surface area contributed by atoms with E-state index in [9.17, 15) is 9.18 Å². The van der Waals surface area contributed by atoms with E-state index < -0.39 is 11.7 Å². The van der Waals surface area contributed by atoms with Crippen molar-refractivity contribution in [3.63, 3.8) is 0 Å². The number of thiazole rings is 1. The van der Waals surface area contributed by atoms with Gasteiger partial charge in [-0.05, 0) is 25.0 Å². The molecule has 0 atom stereocenters. The fourth-order valence-corrected chi connectivity index (χ4v) is 2.57. The normalized spacial score (nSPS) is 10.4. The number of amides is 1. The highest BCUT2D eigenvalue weighted by Crippen LogP contribution is 2.27. The number of rotatable bonds is 5. The molecule has 1 amide bonds. The van der Waals surface area contributed by atoms with Gasteiger partial charge in [0.25, 0.3) is 5.91 Å². The molecule has 1 heterocycles. The smallest absolute Gasteiger partial charge is 0.269 e. The minimum Gasteiger partial charge on any atom is -0.382 e. The number of carbonyl (C=O) groups is 1. The molecule has 21 heavy (non-hydrogen) atoms. The van der Waals surface area contributed by atoms with E-state index in [0.717, 1.165) is 24.3 Å². The molecule has 0 spiro atoms. The molecule has 0 saturated carbocycles. The van der Waals surface area contributed by atoms with Gasteiger partial charge >= 0.3 is 0 Å². The number of anilines is 3. The van der Waals surface area contributed by atoms with Gasteiger partial charge in [0.2, 0.25) is 0 Å². The first kappa shape index (κ1) is 15.2. The third-order valence-electron chi connectivity index (χ3n) is 2.85. The van der Waals surface area contributed by atoms with Crippen molar-refractivity contribution in [2.24, 2.45) is 0 Å². The van der Waals surface area contributed by atoms with Gasteiger partial charge in [-0.2, -0.15) is 0 Å². The lowest BCUT2D eigenvalue weighted by Crippen LogP contribution is -2.14. The molecule has 2 rings (SSSR count). The number of aromatic nitrogens is 1. The van der Waals surface area contributed by atoms with Crippen LogP contribution in [-0.2, 0) is 0 Å². The molecule has 0 aliphatic rings. The zero-order chi connectivity index (χ0) is 15.4. The number of hydrogen-bond acceptors (Lipinski definition) is 5. The van der Waals surface area contributed by atoms with Crippen LogP contribution in [-0.4, -0.2) is 17.4 Å². The lowest BCUT2D eigenvalue weighted by molar-refractivity contribution is 0.103. The molecule has 5 nitrogen and oxygen atoms in total. The summed E-state index contributed by atoms with van der Waals surface area (Å²) in [5.74, 6) is -0.788. The van der Waals surface area contributed by atoms with E-state index in [4.69, 9.17) is 5.73 Å². The van der Waals surface area contributed by atoms with Gasteiger partial charge in [0.1, 0.15) is 16.5 Å². The van der Waals surface area contributed by atoms with Crippen LogP contribution in [0.2, 0.25) is 0 Å². The summed E-state index contributed by atoms with van der Waals surface area (Å²) in [6.45, 7) is 4.50. The number of nitrogens with zero attached hydrogens (tertiary/aromatic N) is 1. The first-order chi connectivity index (χ1) is 10.0. The Labute approximate surface area is 126 Å². The summed E-state index contributed by atoms with van der Waals surface area (Å²) in [5, 5.41) is 6.21. The molecule has 0 unspecified atom stereocenters. The number of hydrogen-bond donors (Lipinski definition) is 3. The number of aryl methyl sites for hydroxylation is 1. The second-order valence-electron chi connectivity index (χ2n) is 4.55. The highest BCUT2D eigenvalue weighted by atomic mass is 32.1. The van der Waals surface area contributed by atoms with Gasteiger partial charge in [0, 0.05) is 6.54 Å². The lowest BCUT2D eigenvalue weighted by atomic mass is 10.2. The van der Waals surface area contributed by atoms with Crippen LogP contribution < -0.4 is 16.4 Å². The van der Waals surface area contributed by atoms with Crippen LogP contribution in [0.4, 0.5) is 21.0 Å². The Kier molecular flexibility index (Phi) is 4.74. The number of halogens is 1. The van der Waals surface area contributed by atoms with Crippen molar-refractivity contribution in [1.82, 2.24) is 4.98 Å². The number of para-hydroxylation sites is 1. The van der Waals surface area contributed by atoms with Crippen LogP contribution in [0.15, 0.2) is 18.2 Å². The van der Waals surface area contributed by atoms with E-state index in [2.05, 4.69) is 15.6 Å². The quantitative estimate of drug-likeness (QED) is 0.792. The fourth-order valence-electron chi connectivity index (χ4n) is 1.76. The average Bonchev–Trinajstić information content (AvgIpc) is 2.82. The average molecular weight is 308 g/mol. The zero-order valence-corrected chi connectivity index (χ0v) is 12.7. The highest BCUT2D eigenvalue weighted by molar-refractivity contribution is 7.18. The number of nitrogen functional groups attached to an aromatic ring is 1. The number of nitrogens with two attached hydrogens (primary N) is 1. The molecule has 7 heteroatoms. The summed E-state index contributed by atoms with van der Waals surface area (Å²) in [6.07, 6.45) is 0.940. The maximum absolute atomic E-state index is 13.7. The van der Waals surface area contributed by atoms with Crippen molar-refractivity contribution in [2.75, 3.05) is 22.9 Å². The lowest BCUT2D eigenvalue weighted by Gasteiger charge is -2.08. The third-order valence-corrected chi connectivity index (χ3v) is 3.87. The zero-order valence-electron chi connectivity index (χ0n) is 11.9. The SMILES string of the molecule is CCCNc1nc(N)c(C(=O)Nc2c(C)cccc2F)s1. The summed E-state index contributed by atoms with van der Waals surface area (Å²) in [7, 11) is 0.